The summed E-state index contributed by atoms with van der Waals surface area (Å²) in [5, 5.41) is 3.97. The molecule has 0 aliphatic heterocycles. The fourth-order valence-corrected chi connectivity index (χ4v) is 6.35. The van der Waals surface area contributed by atoms with Crippen molar-refractivity contribution >= 4 is 67.6 Å². The number of nitrogens with zero attached hydrogens (tertiary/aromatic N) is 2. The molecule has 0 radical (unpaired) electrons. The number of carbonyl (C=O) groups excluding carboxylic acids is 2. The first-order valence-electron chi connectivity index (χ1n) is 16.9. The fourth-order valence-electron chi connectivity index (χ4n) is 6.35. The summed E-state index contributed by atoms with van der Waals surface area (Å²) in [6.45, 7) is 10.9. The van der Waals surface area contributed by atoms with Crippen molar-refractivity contribution < 1.29 is 19.1 Å². The van der Waals surface area contributed by atoms with E-state index in [1.165, 1.54) is 12.2 Å². The van der Waals surface area contributed by atoms with Crippen molar-refractivity contribution in [3.8, 4) is 11.5 Å². The van der Waals surface area contributed by atoms with Gasteiger partial charge in [-0.3, -0.25) is 0 Å². The summed E-state index contributed by atoms with van der Waals surface area (Å²) in [4.78, 5) is 28.3. The van der Waals surface area contributed by atoms with Crippen molar-refractivity contribution in [3.63, 3.8) is 0 Å². The lowest BCUT2D eigenvalue weighted by atomic mass is 10.0. The van der Waals surface area contributed by atoms with E-state index < -0.39 is 11.9 Å². The molecule has 0 aliphatic carbocycles. The van der Waals surface area contributed by atoms with Crippen LogP contribution in [0.2, 0.25) is 0 Å². The van der Waals surface area contributed by atoms with Crippen molar-refractivity contribution in [1.82, 2.24) is 0 Å². The van der Waals surface area contributed by atoms with Crippen LogP contribution in [-0.4, -0.2) is 11.9 Å². The van der Waals surface area contributed by atoms with Gasteiger partial charge in [-0.1, -0.05) is 61.7 Å². The Balaban J connectivity index is 1.28. The van der Waals surface area contributed by atoms with Crippen molar-refractivity contribution in [2.45, 2.75) is 13.8 Å². The molecule has 6 heteroatoms. The van der Waals surface area contributed by atoms with Crippen LogP contribution in [-0.2, 0) is 9.59 Å². The van der Waals surface area contributed by atoms with E-state index >= 15 is 0 Å². The molecule has 0 N–H and O–H groups in total. The molecule has 0 atom stereocenters. The van der Waals surface area contributed by atoms with E-state index in [0.29, 0.717) is 11.5 Å². The normalized spacial score (nSPS) is 10.8. The van der Waals surface area contributed by atoms with Gasteiger partial charge in [0.05, 0.1) is 0 Å². The Morgan fingerprint density at radius 3 is 1.15 bits per heavy atom. The Labute approximate surface area is 303 Å². The molecule has 0 fully saturated rings. The fraction of sp³-hybridized carbons (Fsp3) is 0.0435. The summed E-state index contributed by atoms with van der Waals surface area (Å²) in [6, 6.07) is 49.5. The lowest BCUT2D eigenvalue weighted by Gasteiger charge is -2.28. The monoisotopic (exact) mass is 680 g/mol. The van der Waals surface area contributed by atoms with Gasteiger partial charge >= 0.3 is 11.9 Å². The zero-order valence-corrected chi connectivity index (χ0v) is 29.0. The third-order valence-corrected chi connectivity index (χ3v) is 8.90. The molecular weight excluding hydrogens is 645 g/mol. The molecular formula is C46H36N2O4. The maximum atomic E-state index is 11.9. The quantitative estimate of drug-likeness (QED) is 0.0814. The number of fused-ring (bicyclic) bond motifs is 2. The number of esters is 2. The predicted molar refractivity (Wildman–Crippen MR) is 212 cm³/mol. The highest BCUT2D eigenvalue weighted by Crippen LogP contribution is 2.41. The van der Waals surface area contributed by atoms with E-state index in [-0.39, 0.29) is 0 Å². The summed E-state index contributed by atoms with van der Waals surface area (Å²) in [6.07, 6.45) is 2.33. The standard InChI is InChI=1S/C46H36N2O4/c1-5-45(49)51-43-29-33-17-19-41(27-35(33)25-31(43)3)47(37-13-9-7-10-14-37)39-21-23-40(24-22-39)48(38-15-11-8-12-16-38)42-20-18-34-30-44(52-46(50)6-2)32(4)26-36(34)28-42/h5-30H,1-2H2,3-4H3. The van der Waals surface area contributed by atoms with Gasteiger partial charge in [-0.05, 0) is 144 Å². The number of para-hydroxylation sites is 2. The zero-order valence-electron chi connectivity index (χ0n) is 29.0. The van der Waals surface area contributed by atoms with Gasteiger partial charge in [0.15, 0.2) is 0 Å². The van der Waals surface area contributed by atoms with Crippen LogP contribution in [0.5, 0.6) is 11.5 Å². The smallest absolute Gasteiger partial charge is 0.335 e. The van der Waals surface area contributed by atoms with Gasteiger partial charge in [-0.2, -0.15) is 0 Å². The lowest BCUT2D eigenvalue weighted by Crippen LogP contribution is -2.12. The van der Waals surface area contributed by atoms with Crippen molar-refractivity contribution in [2.24, 2.45) is 0 Å². The first-order chi connectivity index (χ1) is 25.3. The molecule has 254 valence electrons. The van der Waals surface area contributed by atoms with Gasteiger partial charge in [0.1, 0.15) is 11.5 Å². The molecule has 0 bridgehead atoms. The van der Waals surface area contributed by atoms with Gasteiger partial charge in [0.25, 0.3) is 0 Å². The highest BCUT2D eigenvalue weighted by atomic mass is 16.5. The maximum absolute atomic E-state index is 11.9. The summed E-state index contributed by atoms with van der Waals surface area (Å²) < 4.78 is 10.9. The SMILES string of the molecule is C=CC(=O)Oc1cc2ccc(N(c3ccccc3)c3ccc(N(c4ccccc4)c4ccc5cc(OC(=O)C=C)c(C)cc5c4)cc3)cc2cc1C. The van der Waals surface area contributed by atoms with Crippen molar-refractivity contribution in [3.05, 3.63) is 182 Å². The molecule has 7 rings (SSSR count). The molecule has 0 saturated carbocycles. The van der Waals surface area contributed by atoms with E-state index in [1.807, 2.05) is 86.6 Å². The molecule has 0 amide bonds. The first-order valence-corrected chi connectivity index (χ1v) is 16.9. The van der Waals surface area contributed by atoms with Gasteiger partial charge in [0, 0.05) is 46.3 Å². The summed E-state index contributed by atoms with van der Waals surface area (Å²) >= 11 is 0. The highest BCUT2D eigenvalue weighted by molar-refractivity contribution is 5.94. The number of hydrogen-bond acceptors (Lipinski definition) is 6. The third-order valence-electron chi connectivity index (χ3n) is 8.90. The van der Waals surface area contributed by atoms with E-state index in [2.05, 4.69) is 95.8 Å². The minimum Gasteiger partial charge on any atom is -0.423 e. The molecule has 0 heterocycles. The van der Waals surface area contributed by atoms with Crippen LogP contribution >= 0.6 is 0 Å². The van der Waals surface area contributed by atoms with Gasteiger partial charge in [0.2, 0.25) is 0 Å². The summed E-state index contributed by atoms with van der Waals surface area (Å²) in [5.41, 5.74) is 7.72. The Hall–Kier alpha value is -6.92. The lowest BCUT2D eigenvalue weighted by molar-refractivity contribution is -0.129. The molecule has 52 heavy (non-hydrogen) atoms. The largest absolute Gasteiger partial charge is 0.423 e. The number of carbonyl (C=O) groups is 2. The Morgan fingerprint density at radius 2 is 0.788 bits per heavy atom. The zero-order chi connectivity index (χ0) is 36.2. The molecule has 0 aliphatic rings. The number of ether oxygens (including phenoxy) is 2. The average molecular weight is 681 g/mol. The Kier molecular flexibility index (Phi) is 9.37. The van der Waals surface area contributed by atoms with Gasteiger partial charge in [-0.25, -0.2) is 9.59 Å². The summed E-state index contributed by atoms with van der Waals surface area (Å²) in [5.74, 6) is 0.0659. The molecule has 0 spiro atoms. The first kappa shape index (κ1) is 33.6. The minimum absolute atomic E-state index is 0.485. The second kappa shape index (κ2) is 14.5. The van der Waals surface area contributed by atoms with Gasteiger partial charge in [-0.15, -0.1) is 0 Å². The van der Waals surface area contributed by atoms with Crippen molar-refractivity contribution in [2.75, 3.05) is 9.80 Å². The molecule has 7 aromatic carbocycles. The van der Waals surface area contributed by atoms with E-state index in [9.17, 15) is 9.59 Å². The minimum atomic E-state index is -0.485. The van der Waals surface area contributed by atoms with Crippen LogP contribution in [0.1, 0.15) is 11.1 Å². The molecule has 6 nitrogen and oxygen atoms in total. The van der Waals surface area contributed by atoms with E-state index in [0.717, 1.165) is 66.8 Å². The predicted octanol–water partition coefficient (Wildman–Crippen LogP) is 11.7. The second-order valence-corrected chi connectivity index (χ2v) is 12.4. The highest BCUT2D eigenvalue weighted by Gasteiger charge is 2.18. The Bertz CT molecular complexity index is 2280. The number of aryl methyl sites for hydroxylation is 2. The number of benzene rings is 7. The number of rotatable bonds is 10. The van der Waals surface area contributed by atoms with Gasteiger partial charge < -0.3 is 19.3 Å². The second-order valence-electron chi connectivity index (χ2n) is 12.4. The van der Waals surface area contributed by atoms with E-state index in [1.54, 1.807) is 0 Å². The van der Waals surface area contributed by atoms with Crippen LogP contribution in [0.15, 0.2) is 171 Å². The number of hydrogen-bond donors (Lipinski definition) is 0. The van der Waals surface area contributed by atoms with Crippen LogP contribution in [0.4, 0.5) is 34.1 Å². The maximum Gasteiger partial charge on any atom is 0.335 e. The summed E-state index contributed by atoms with van der Waals surface area (Å²) in [7, 11) is 0. The molecule has 7 aromatic rings. The van der Waals surface area contributed by atoms with E-state index in [4.69, 9.17) is 9.47 Å². The average Bonchev–Trinajstić information content (AvgIpc) is 3.17. The van der Waals surface area contributed by atoms with Crippen LogP contribution in [0.25, 0.3) is 21.5 Å². The van der Waals surface area contributed by atoms with Crippen molar-refractivity contribution in [1.29, 1.82) is 0 Å². The topological polar surface area (TPSA) is 59.1 Å². The third kappa shape index (κ3) is 6.91. The van der Waals surface area contributed by atoms with Crippen LogP contribution < -0.4 is 19.3 Å². The Morgan fingerprint density at radius 1 is 0.442 bits per heavy atom. The number of anilines is 6. The molecule has 0 unspecified atom stereocenters. The molecule has 0 aromatic heterocycles. The van der Waals surface area contributed by atoms with Crippen LogP contribution in [0, 0.1) is 13.8 Å². The molecule has 0 saturated heterocycles. The van der Waals surface area contributed by atoms with Crippen LogP contribution in [0.3, 0.4) is 0 Å².